The van der Waals surface area contributed by atoms with Crippen LogP contribution in [0.15, 0.2) is 18.3 Å². The highest BCUT2D eigenvalue weighted by molar-refractivity contribution is 5.46. The molecule has 0 amide bonds. The second-order valence-corrected chi connectivity index (χ2v) is 4.52. The Morgan fingerprint density at radius 1 is 1.44 bits per heavy atom. The number of aromatic nitrogens is 3. The van der Waals surface area contributed by atoms with E-state index in [2.05, 4.69) is 23.9 Å². The third-order valence-corrected chi connectivity index (χ3v) is 2.96. The number of hydrogen-bond donors (Lipinski definition) is 1. The summed E-state index contributed by atoms with van der Waals surface area (Å²) in [4.78, 5) is 4.58. The van der Waals surface area contributed by atoms with Gasteiger partial charge < -0.3 is 5.73 Å². The van der Waals surface area contributed by atoms with E-state index in [1.165, 1.54) is 0 Å². The Balaban J connectivity index is 2.50. The van der Waals surface area contributed by atoms with Gasteiger partial charge in [0.2, 0.25) is 0 Å². The lowest BCUT2D eigenvalue weighted by Crippen LogP contribution is -2.19. The molecule has 0 aliphatic carbocycles. The Kier molecular flexibility index (Phi) is 2.92. The van der Waals surface area contributed by atoms with Gasteiger partial charge in [-0.1, -0.05) is 19.9 Å². The summed E-state index contributed by atoms with van der Waals surface area (Å²) in [5, 5.41) is 4.49. The van der Waals surface area contributed by atoms with Gasteiger partial charge in [0, 0.05) is 18.7 Å². The van der Waals surface area contributed by atoms with Gasteiger partial charge >= 0.3 is 0 Å². The first-order valence-electron chi connectivity index (χ1n) is 5.65. The second-order valence-electron chi connectivity index (χ2n) is 4.52. The van der Waals surface area contributed by atoms with Crippen molar-refractivity contribution >= 4 is 5.65 Å². The quantitative estimate of drug-likeness (QED) is 0.853. The van der Waals surface area contributed by atoms with E-state index >= 15 is 0 Å². The fourth-order valence-electron chi connectivity index (χ4n) is 1.89. The molecule has 0 bridgehead atoms. The summed E-state index contributed by atoms with van der Waals surface area (Å²) in [5.74, 6) is 1.55. The fraction of sp³-hybridized carbons (Fsp3) is 0.500. The third-order valence-electron chi connectivity index (χ3n) is 2.96. The highest BCUT2D eigenvalue weighted by Crippen LogP contribution is 2.21. The van der Waals surface area contributed by atoms with Gasteiger partial charge in [-0.15, -0.1) is 0 Å². The van der Waals surface area contributed by atoms with E-state index in [9.17, 15) is 0 Å². The van der Waals surface area contributed by atoms with E-state index in [0.29, 0.717) is 12.5 Å². The molecular weight excluding hydrogens is 200 g/mol. The summed E-state index contributed by atoms with van der Waals surface area (Å²) in [6, 6.07) is 4.02. The summed E-state index contributed by atoms with van der Waals surface area (Å²) in [5.41, 5.74) is 7.84. The summed E-state index contributed by atoms with van der Waals surface area (Å²) in [6.45, 7) is 6.93. The number of pyridine rings is 1. The SMILES string of the molecule is Cc1cccn2nc(C(CN)C(C)C)nc12. The van der Waals surface area contributed by atoms with Crippen LogP contribution in [0.1, 0.15) is 31.2 Å². The minimum Gasteiger partial charge on any atom is -0.330 e. The van der Waals surface area contributed by atoms with Crippen molar-refractivity contribution in [3.05, 3.63) is 29.7 Å². The van der Waals surface area contributed by atoms with Gasteiger partial charge in [-0.25, -0.2) is 9.50 Å². The lowest BCUT2D eigenvalue weighted by molar-refractivity contribution is 0.483. The topological polar surface area (TPSA) is 56.2 Å². The summed E-state index contributed by atoms with van der Waals surface area (Å²) in [7, 11) is 0. The summed E-state index contributed by atoms with van der Waals surface area (Å²) >= 11 is 0. The maximum atomic E-state index is 5.78. The van der Waals surface area contributed by atoms with Gasteiger partial charge in [-0.2, -0.15) is 5.10 Å². The standard InChI is InChI=1S/C12H18N4/c1-8(2)10(7-13)11-14-12-9(3)5-4-6-16(12)15-11/h4-6,8,10H,7,13H2,1-3H3. The molecule has 0 spiro atoms. The van der Waals surface area contributed by atoms with Crippen molar-refractivity contribution in [1.82, 2.24) is 14.6 Å². The Bertz CT molecular complexity index is 487. The first kappa shape index (κ1) is 11.1. The van der Waals surface area contributed by atoms with Crippen molar-refractivity contribution < 1.29 is 0 Å². The van der Waals surface area contributed by atoms with Crippen LogP contribution in [0.5, 0.6) is 0 Å². The molecule has 2 N–H and O–H groups in total. The molecule has 0 saturated carbocycles. The van der Waals surface area contributed by atoms with Crippen molar-refractivity contribution in [1.29, 1.82) is 0 Å². The highest BCUT2D eigenvalue weighted by atomic mass is 15.3. The number of nitrogens with zero attached hydrogens (tertiary/aromatic N) is 3. The van der Waals surface area contributed by atoms with Crippen LogP contribution in [0, 0.1) is 12.8 Å². The van der Waals surface area contributed by atoms with E-state index in [-0.39, 0.29) is 5.92 Å². The maximum absolute atomic E-state index is 5.78. The second kappa shape index (κ2) is 4.22. The molecule has 0 aromatic carbocycles. The van der Waals surface area contributed by atoms with E-state index in [1.807, 2.05) is 29.8 Å². The average molecular weight is 218 g/mol. The lowest BCUT2D eigenvalue weighted by atomic mass is 9.95. The zero-order valence-corrected chi connectivity index (χ0v) is 10.0. The molecule has 16 heavy (non-hydrogen) atoms. The van der Waals surface area contributed by atoms with Gasteiger partial charge in [0.05, 0.1) is 0 Å². The number of aryl methyl sites for hydroxylation is 1. The lowest BCUT2D eigenvalue weighted by Gasteiger charge is -2.14. The zero-order valence-electron chi connectivity index (χ0n) is 10.0. The van der Waals surface area contributed by atoms with E-state index in [4.69, 9.17) is 5.73 Å². The van der Waals surface area contributed by atoms with Gasteiger partial charge in [-0.05, 0) is 24.5 Å². The average Bonchev–Trinajstić information content (AvgIpc) is 2.63. The monoisotopic (exact) mass is 218 g/mol. The molecular formula is C12H18N4. The molecule has 0 aliphatic heterocycles. The number of rotatable bonds is 3. The van der Waals surface area contributed by atoms with Crippen LogP contribution < -0.4 is 5.73 Å². The molecule has 2 aromatic heterocycles. The minimum atomic E-state index is 0.235. The number of hydrogen-bond acceptors (Lipinski definition) is 3. The van der Waals surface area contributed by atoms with E-state index in [0.717, 1.165) is 17.0 Å². The van der Waals surface area contributed by atoms with Crippen LogP contribution in [-0.2, 0) is 0 Å². The molecule has 4 heteroatoms. The maximum Gasteiger partial charge on any atom is 0.158 e. The van der Waals surface area contributed by atoms with Crippen molar-refractivity contribution in [2.24, 2.45) is 11.7 Å². The first-order chi connectivity index (χ1) is 7.63. The largest absolute Gasteiger partial charge is 0.330 e. The Morgan fingerprint density at radius 2 is 2.19 bits per heavy atom. The Hall–Kier alpha value is -1.42. The molecule has 4 nitrogen and oxygen atoms in total. The van der Waals surface area contributed by atoms with Gasteiger partial charge in [0.15, 0.2) is 11.5 Å². The number of nitrogens with two attached hydrogens (primary N) is 1. The van der Waals surface area contributed by atoms with Crippen LogP contribution in [0.2, 0.25) is 0 Å². The van der Waals surface area contributed by atoms with Crippen LogP contribution in [-0.4, -0.2) is 21.1 Å². The van der Waals surface area contributed by atoms with Crippen molar-refractivity contribution in [2.75, 3.05) is 6.54 Å². The Labute approximate surface area is 95.5 Å². The van der Waals surface area contributed by atoms with Gasteiger partial charge in [0.25, 0.3) is 0 Å². The fourth-order valence-corrected chi connectivity index (χ4v) is 1.89. The molecule has 0 fully saturated rings. The third kappa shape index (κ3) is 1.80. The van der Waals surface area contributed by atoms with Crippen molar-refractivity contribution in [3.8, 4) is 0 Å². The highest BCUT2D eigenvalue weighted by Gasteiger charge is 2.19. The van der Waals surface area contributed by atoms with Crippen LogP contribution >= 0.6 is 0 Å². The van der Waals surface area contributed by atoms with Crippen molar-refractivity contribution in [3.63, 3.8) is 0 Å². The summed E-state index contributed by atoms with van der Waals surface area (Å²) in [6.07, 6.45) is 1.92. The molecule has 2 aromatic rings. The van der Waals surface area contributed by atoms with Crippen LogP contribution in [0.25, 0.3) is 5.65 Å². The molecule has 2 rings (SSSR count). The minimum absolute atomic E-state index is 0.235. The number of fused-ring (bicyclic) bond motifs is 1. The molecule has 1 unspecified atom stereocenters. The van der Waals surface area contributed by atoms with Crippen LogP contribution in [0.4, 0.5) is 0 Å². The summed E-state index contributed by atoms with van der Waals surface area (Å²) < 4.78 is 1.83. The van der Waals surface area contributed by atoms with Gasteiger partial charge in [0.1, 0.15) is 0 Å². The first-order valence-corrected chi connectivity index (χ1v) is 5.65. The predicted octanol–water partition coefficient (Wildman–Crippen LogP) is 1.74. The predicted molar refractivity (Wildman–Crippen MR) is 64.4 cm³/mol. The van der Waals surface area contributed by atoms with Gasteiger partial charge in [-0.3, -0.25) is 0 Å². The molecule has 0 radical (unpaired) electrons. The molecule has 86 valence electrons. The zero-order chi connectivity index (χ0) is 11.7. The van der Waals surface area contributed by atoms with E-state index < -0.39 is 0 Å². The molecule has 1 atom stereocenters. The molecule has 0 saturated heterocycles. The van der Waals surface area contributed by atoms with Crippen molar-refractivity contribution in [2.45, 2.75) is 26.7 Å². The Morgan fingerprint density at radius 3 is 2.75 bits per heavy atom. The molecule has 0 aliphatic rings. The van der Waals surface area contributed by atoms with Crippen LogP contribution in [0.3, 0.4) is 0 Å². The smallest absolute Gasteiger partial charge is 0.158 e. The normalized spacial score (nSPS) is 13.6. The molecule has 2 heterocycles. The van der Waals surface area contributed by atoms with E-state index in [1.54, 1.807) is 0 Å².